The largest absolute Gasteiger partial charge is 0.330 e. The van der Waals surface area contributed by atoms with Gasteiger partial charge in [0.25, 0.3) is 0 Å². The minimum Gasteiger partial charge on any atom is -0.330 e. The molecule has 2 N–H and O–H groups in total. The zero-order chi connectivity index (χ0) is 13.1. The second kappa shape index (κ2) is 6.05. The van der Waals surface area contributed by atoms with Crippen molar-refractivity contribution in [1.29, 1.82) is 0 Å². The normalized spacial score (nSPS) is 24.7. The van der Waals surface area contributed by atoms with Crippen molar-refractivity contribution in [2.75, 3.05) is 19.6 Å². The Balaban J connectivity index is 2.28. The Hall–Kier alpha value is -0.570. The van der Waals surface area contributed by atoms with E-state index in [1.54, 1.807) is 0 Å². The van der Waals surface area contributed by atoms with Crippen LogP contribution in [-0.4, -0.2) is 24.5 Å². The molecule has 2 rings (SSSR count). The van der Waals surface area contributed by atoms with Gasteiger partial charge in [-0.3, -0.25) is 4.90 Å². The highest BCUT2D eigenvalue weighted by Crippen LogP contribution is 2.37. The van der Waals surface area contributed by atoms with Crippen LogP contribution in [0.15, 0.2) is 18.2 Å². The number of halogens is 1. The van der Waals surface area contributed by atoms with Gasteiger partial charge < -0.3 is 5.73 Å². The molecule has 1 heterocycles. The molecular formula is C15H23ClN2. The van der Waals surface area contributed by atoms with Crippen LogP contribution in [0.25, 0.3) is 0 Å². The second-order valence-corrected chi connectivity index (χ2v) is 5.68. The molecule has 0 aromatic heterocycles. The minimum absolute atomic E-state index is 0.452. The topological polar surface area (TPSA) is 29.3 Å². The quantitative estimate of drug-likeness (QED) is 0.905. The predicted octanol–water partition coefficient (Wildman–Crippen LogP) is 3.38. The number of benzene rings is 1. The molecule has 100 valence electrons. The van der Waals surface area contributed by atoms with E-state index >= 15 is 0 Å². The van der Waals surface area contributed by atoms with Crippen LogP contribution in [-0.2, 0) is 0 Å². The van der Waals surface area contributed by atoms with Gasteiger partial charge in [-0.2, -0.15) is 0 Å². The molecule has 1 aliphatic heterocycles. The van der Waals surface area contributed by atoms with Crippen molar-refractivity contribution in [2.45, 2.75) is 32.7 Å². The first-order valence-electron chi connectivity index (χ1n) is 6.87. The summed E-state index contributed by atoms with van der Waals surface area (Å²) in [6.45, 7) is 7.34. The lowest BCUT2D eigenvalue weighted by atomic mass is 9.93. The SMILES string of the molecule is CCCN1CCC(CN)C1c1ccc(C)c(Cl)c1. The van der Waals surface area contributed by atoms with Crippen LogP contribution in [0.4, 0.5) is 0 Å². The molecule has 18 heavy (non-hydrogen) atoms. The average Bonchev–Trinajstić information content (AvgIpc) is 2.76. The first kappa shape index (κ1) is 13.9. The number of aryl methyl sites for hydroxylation is 1. The average molecular weight is 267 g/mol. The van der Waals surface area contributed by atoms with Crippen molar-refractivity contribution in [3.05, 3.63) is 34.3 Å². The highest BCUT2D eigenvalue weighted by Gasteiger charge is 2.33. The highest BCUT2D eigenvalue weighted by molar-refractivity contribution is 6.31. The fourth-order valence-corrected chi connectivity index (χ4v) is 3.18. The van der Waals surface area contributed by atoms with Crippen LogP contribution in [0.1, 0.15) is 36.9 Å². The monoisotopic (exact) mass is 266 g/mol. The van der Waals surface area contributed by atoms with Gasteiger partial charge in [0, 0.05) is 11.1 Å². The van der Waals surface area contributed by atoms with Gasteiger partial charge in [0.1, 0.15) is 0 Å². The Kier molecular flexibility index (Phi) is 4.66. The first-order chi connectivity index (χ1) is 8.67. The lowest BCUT2D eigenvalue weighted by molar-refractivity contribution is 0.230. The summed E-state index contributed by atoms with van der Waals surface area (Å²) in [5.74, 6) is 0.565. The Morgan fingerprint density at radius 2 is 2.22 bits per heavy atom. The van der Waals surface area contributed by atoms with Crippen LogP contribution in [0.5, 0.6) is 0 Å². The van der Waals surface area contributed by atoms with Gasteiger partial charge in [-0.05, 0) is 62.5 Å². The number of rotatable bonds is 4. The van der Waals surface area contributed by atoms with E-state index in [0.717, 1.165) is 30.2 Å². The molecule has 1 aromatic carbocycles. The summed E-state index contributed by atoms with van der Waals surface area (Å²) in [5.41, 5.74) is 8.40. The van der Waals surface area contributed by atoms with Gasteiger partial charge in [0.2, 0.25) is 0 Å². The molecular weight excluding hydrogens is 244 g/mol. The highest BCUT2D eigenvalue weighted by atomic mass is 35.5. The van der Waals surface area contributed by atoms with Crippen LogP contribution in [0.2, 0.25) is 5.02 Å². The van der Waals surface area contributed by atoms with Crippen LogP contribution in [0, 0.1) is 12.8 Å². The van der Waals surface area contributed by atoms with Gasteiger partial charge in [-0.15, -0.1) is 0 Å². The minimum atomic E-state index is 0.452. The van der Waals surface area contributed by atoms with E-state index in [-0.39, 0.29) is 0 Å². The van der Waals surface area contributed by atoms with E-state index in [2.05, 4.69) is 30.0 Å². The van der Waals surface area contributed by atoms with E-state index in [1.165, 1.54) is 18.4 Å². The van der Waals surface area contributed by atoms with E-state index in [0.29, 0.717) is 12.0 Å². The van der Waals surface area contributed by atoms with Gasteiger partial charge in [0.05, 0.1) is 0 Å². The molecule has 0 radical (unpaired) electrons. The van der Waals surface area contributed by atoms with Crippen molar-refractivity contribution in [2.24, 2.45) is 11.7 Å². The summed E-state index contributed by atoms with van der Waals surface area (Å²) >= 11 is 6.26. The summed E-state index contributed by atoms with van der Waals surface area (Å²) in [6, 6.07) is 6.90. The van der Waals surface area contributed by atoms with Crippen molar-refractivity contribution < 1.29 is 0 Å². The van der Waals surface area contributed by atoms with Gasteiger partial charge in [0.15, 0.2) is 0 Å². The summed E-state index contributed by atoms with van der Waals surface area (Å²) in [6.07, 6.45) is 2.39. The third-order valence-corrected chi connectivity index (χ3v) is 4.39. The fraction of sp³-hybridized carbons (Fsp3) is 0.600. The van der Waals surface area contributed by atoms with Gasteiger partial charge in [-0.1, -0.05) is 30.7 Å². The molecule has 2 nitrogen and oxygen atoms in total. The van der Waals surface area contributed by atoms with E-state index < -0.39 is 0 Å². The van der Waals surface area contributed by atoms with Crippen LogP contribution in [0.3, 0.4) is 0 Å². The third kappa shape index (κ3) is 2.71. The molecule has 1 fully saturated rings. The standard InChI is InChI=1S/C15H23ClN2/c1-3-7-18-8-6-13(10-17)15(18)12-5-4-11(2)14(16)9-12/h4-5,9,13,15H,3,6-8,10,17H2,1-2H3. The molecule has 0 bridgehead atoms. The zero-order valence-electron chi connectivity index (χ0n) is 11.3. The maximum absolute atomic E-state index is 6.26. The summed E-state index contributed by atoms with van der Waals surface area (Å²) in [4.78, 5) is 2.55. The number of hydrogen-bond donors (Lipinski definition) is 1. The molecule has 2 unspecified atom stereocenters. The van der Waals surface area contributed by atoms with Crippen molar-refractivity contribution >= 4 is 11.6 Å². The van der Waals surface area contributed by atoms with Gasteiger partial charge in [-0.25, -0.2) is 0 Å². The molecule has 2 atom stereocenters. The Bertz CT molecular complexity index is 405. The molecule has 1 aromatic rings. The molecule has 0 amide bonds. The Morgan fingerprint density at radius 1 is 1.44 bits per heavy atom. The zero-order valence-corrected chi connectivity index (χ0v) is 12.1. The van der Waals surface area contributed by atoms with Crippen LogP contribution < -0.4 is 5.73 Å². The fourth-order valence-electron chi connectivity index (χ4n) is 2.99. The molecule has 1 saturated heterocycles. The summed E-state index contributed by atoms with van der Waals surface area (Å²) in [7, 11) is 0. The summed E-state index contributed by atoms with van der Waals surface area (Å²) < 4.78 is 0. The maximum atomic E-state index is 6.26. The number of nitrogens with zero attached hydrogens (tertiary/aromatic N) is 1. The Labute approximate surface area is 115 Å². The van der Waals surface area contributed by atoms with Crippen molar-refractivity contribution in [3.63, 3.8) is 0 Å². The molecule has 1 aliphatic rings. The molecule has 0 aliphatic carbocycles. The molecule has 0 saturated carbocycles. The maximum Gasteiger partial charge on any atom is 0.0438 e. The van der Waals surface area contributed by atoms with Gasteiger partial charge >= 0.3 is 0 Å². The molecule has 3 heteroatoms. The van der Waals surface area contributed by atoms with Crippen LogP contribution >= 0.6 is 11.6 Å². The smallest absolute Gasteiger partial charge is 0.0438 e. The number of likely N-dealkylation sites (tertiary alicyclic amines) is 1. The summed E-state index contributed by atoms with van der Waals surface area (Å²) in [5, 5.41) is 0.867. The molecule has 0 spiro atoms. The lowest BCUT2D eigenvalue weighted by Crippen LogP contribution is -2.28. The van der Waals surface area contributed by atoms with Crippen molar-refractivity contribution in [3.8, 4) is 0 Å². The Morgan fingerprint density at radius 3 is 2.83 bits per heavy atom. The second-order valence-electron chi connectivity index (χ2n) is 5.27. The first-order valence-corrected chi connectivity index (χ1v) is 7.25. The van der Waals surface area contributed by atoms with E-state index in [1.807, 2.05) is 6.92 Å². The lowest BCUT2D eigenvalue weighted by Gasteiger charge is -2.28. The van der Waals surface area contributed by atoms with E-state index in [9.17, 15) is 0 Å². The predicted molar refractivity (Wildman–Crippen MR) is 78.0 cm³/mol. The number of hydrogen-bond acceptors (Lipinski definition) is 2. The van der Waals surface area contributed by atoms with E-state index in [4.69, 9.17) is 17.3 Å². The van der Waals surface area contributed by atoms with Crippen molar-refractivity contribution in [1.82, 2.24) is 4.90 Å². The number of nitrogens with two attached hydrogens (primary N) is 1. The third-order valence-electron chi connectivity index (χ3n) is 3.98.